The van der Waals surface area contributed by atoms with Gasteiger partial charge in [-0.3, -0.25) is 4.90 Å². The molecule has 6 heterocycles. The number of rotatable bonds is 3. The monoisotopic (exact) mass is 521 g/mol. The Balaban J connectivity index is 1.32. The average molecular weight is 522 g/mol. The van der Waals surface area contributed by atoms with Gasteiger partial charge in [-0.05, 0) is 56.9 Å². The summed E-state index contributed by atoms with van der Waals surface area (Å²) in [6, 6.07) is 0.444. The van der Waals surface area contributed by atoms with E-state index in [0.29, 0.717) is 23.5 Å². The summed E-state index contributed by atoms with van der Waals surface area (Å²) in [6.45, 7) is 4.00. The fraction of sp³-hybridized carbons (Fsp3) is 0.645. The summed E-state index contributed by atoms with van der Waals surface area (Å²) in [4.78, 5) is 15.2. The smallest absolute Gasteiger partial charge is 0.345 e. The molecule has 1 spiro atoms. The van der Waals surface area contributed by atoms with E-state index in [1.165, 1.54) is 7.11 Å². The second kappa shape index (κ2) is 8.57. The highest BCUT2D eigenvalue weighted by atomic mass is 16.6. The number of aliphatic hydroxyl groups is 2. The molecular weight excluding hydrogens is 482 g/mol. The van der Waals surface area contributed by atoms with Crippen LogP contribution in [0.15, 0.2) is 59.0 Å². The number of hydrogen-bond donors (Lipinski definition) is 2. The van der Waals surface area contributed by atoms with Crippen LogP contribution in [0.3, 0.4) is 0 Å². The molecule has 38 heavy (non-hydrogen) atoms. The summed E-state index contributed by atoms with van der Waals surface area (Å²) in [5.74, 6) is 2.46. The van der Waals surface area contributed by atoms with Crippen LogP contribution in [0.25, 0.3) is 0 Å². The van der Waals surface area contributed by atoms with Crippen LogP contribution in [0.5, 0.6) is 0 Å². The lowest BCUT2D eigenvalue weighted by molar-refractivity contribution is -0.185. The van der Waals surface area contributed by atoms with E-state index in [9.17, 15) is 15.0 Å². The summed E-state index contributed by atoms with van der Waals surface area (Å²) in [5, 5.41) is 22.2. The van der Waals surface area contributed by atoms with Crippen LogP contribution in [0, 0.1) is 29.6 Å². The molecule has 0 aromatic heterocycles. The lowest BCUT2D eigenvalue weighted by Crippen LogP contribution is -2.74. The van der Waals surface area contributed by atoms with Gasteiger partial charge in [-0.2, -0.15) is 0 Å². The summed E-state index contributed by atoms with van der Waals surface area (Å²) in [6.07, 6.45) is 18.7. The molecule has 7 nitrogen and oxygen atoms in total. The zero-order valence-electron chi connectivity index (χ0n) is 22.6. The molecule has 0 unspecified atom stereocenters. The van der Waals surface area contributed by atoms with Crippen LogP contribution in [-0.2, 0) is 19.0 Å². The maximum Gasteiger partial charge on any atom is 0.345 e. The number of esters is 1. The molecule has 2 N–H and O–H groups in total. The van der Waals surface area contributed by atoms with Crippen molar-refractivity contribution in [3.63, 3.8) is 0 Å². The number of piperidine rings is 2. The minimum atomic E-state index is -0.736. The van der Waals surface area contributed by atoms with E-state index in [-0.39, 0.29) is 46.6 Å². The Bertz CT molecular complexity index is 1210. The third-order valence-corrected chi connectivity index (χ3v) is 10.8. The van der Waals surface area contributed by atoms with Crippen molar-refractivity contribution in [2.24, 2.45) is 29.6 Å². The molecule has 2 bridgehead atoms. The normalized spacial score (nSPS) is 47.3. The molecule has 2 aliphatic carbocycles. The predicted octanol–water partition coefficient (Wildman–Crippen LogP) is 4.10. The first-order valence-corrected chi connectivity index (χ1v) is 14.4. The summed E-state index contributed by atoms with van der Waals surface area (Å²) in [5.41, 5.74) is -0.882. The predicted molar refractivity (Wildman–Crippen MR) is 140 cm³/mol. The number of methoxy groups -OCH3 is 1. The molecular formula is C31H39NO6. The highest BCUT2D eigenvalue weighted by Gasteiger charge is 2.65. The van der Waals surface area contributed by atoms with Crippen molar-refractivity contribution < 1.29 is 29.2 Å². The number of nitrogens with zero attached hydrogens (tertiary/aromatic N) is 1. The molecule has 0 saturated carbocycles. The standard InChI is InChI=1S/C31H39NO6/c1-17-6-4-7-20(14-17)31(35)13-10-22-19-9-12-30(11-5-8-24(31)32(22)30)25-18(2)26(37-23(25)15-19)28-27(36-3)21(16-33)29(34)38-28/h4,7,9,12,15,17-20,22,24-25,33,35H,5-6,8,10-11,13-14,16H2,1-3H3/b28-26-/t17-,18+,19+,20+,22+,24+,25+,30-,31+/m1/s1. The Kier molecular flexibility index (Phi) is 5.57. The van der Waals surface area contributed by atoms with E-state index >= 15 is 0 Å². The van der Waals surface area contributed by atoms with E-state index in [4.69, 9.17) is 14.2 Å². The molecule has 6 aliphatic heterocycles. The first-order chi connectivity index (χ1) is 18.3. The third kappa shape index (κ3) is 3.15. The lowest BCUT2D eigenvalue weighted by atomic mass is 9.59. The van der Waals surface area contributed by atoms with Gasteiger partial charge in [0.15, 0.2) is 11.5 Å². The number of cyclic esters (lactones) is 1. The van der Waals surface area contributed by atoms with Crippen molar-refractivity contribution in [1.82, 2.24) is 4.90 Å². The highest BCUT2D eigenvalue weighted by Crippen LogP contribution is 2.61. The Morgan fingerprint density at radius 1 is 1.18 bits per heavy atom. The third-order valence-electron chi connectivity index (χ3n) is 10.8. The second-order valence-electron chi connectivity index (χ2n) is 12.6. The molecule has 8 rings (SSSR count). The van der Waals surface area contributed by atoms with Crippen LogP contribution < -0.4 is 0 Å². The van der Waals surface area contributed by atoms with Crippen molar-refractivity contribution >= 4 is 5.97 Å². The molecule has 0 radical (unpaired) electrons. The van der Waals surface area contributed by atoms with Gasteiger partial charge in [0.1, 0.15) is 11.3 Å². The highest BCUT2D eigenvalue weighted by molar-refractivity contribution is 5.94. The molecule has 0 amide bonds. The van der Waals surface area contributed by atoms with Gasteiger partial charge in [-0.15, -0.1) is 0 Å². The fourth-order valence-corrected chi connectivity index (χ4v) is 9.16. The summed E-state index contributed by atoms with van der Waals surface area (Å²) in [7, 11) is 1.49. The van der Waals surface area contributed by atoms with Crippen molar-refractivity contribution in [1.29, 1.82) is 0 Å². The molecule has 3 saturated heterocycles. The fourth-order valence-electron chi connectivity index (χ4n) is 9.16. The average Bonchev–Trinajstić information content (AvgIpc) is 3.32. The van der Waals surface area contributed by atoms with Crippen molar-refractivity contribution in [3.8, 4) is 0 Å². The second-order valence-corrected chi connectivity index (χ2v) is 12.6. The zero-order chi connectivity index (χ0) is 26.4. The minimum Gasteiger partial charge on any atom is -0.492 e. The van der Waals surface area contributed by atoms with E-state index in [1.54, 1.807) is 0 Å². The van der Waals surface area contributed by atoms with Crippen LogP contribution >= 0.6 is 0 Å². The zero-order valence-corrected chi connectivity index (χ0v) is 22.6. The summed E-state index contributed by atoms with van der Waals surface area (Å²) >= 11 is 0. The van der Waals surface area contributed by atoms with Gasteiger partial charge in [0, 0.05) is 35.8 Å². The van der Waals surface area contributed by atoms with Gasteiger partial charge in [0.05, 0.1) is 24.9 Å². The number of aliphatic hydroxyl groups excluding tert-OH is 1. The molecule has 9 atom stereocenters. The Morgan fingerprint density at radius 3 is 2.79 bits per heavy atom. The van der Waals surface area contributed by atoms with Crippen LogP contribution in [-0.4, -0.2) is 58.0 Å². The first-order valence-electron chi connectivity index (χ1n) is 14.4. The summed E-state index contributed by atoms with van der Waals surface area (Å²) < 4.78 is 17.7. The number of carbonyl (C=O) groups is 1. The maximum atomic E-state index is 12.5. The lowest BCUT2D eigenvalue weighted by Gasteiger charge is -2.65. The van der Waals surface area contributed by atoms with Gasteiger partial charge in [-0.25, -0.2) is 4.79 Å². The molecule has 7 heteroatoms. The van der Waals surface area contributed by atoms with Crippen molar-refractivity contribution in [3.05, 3.63) is 59.0 Å². The molecule has 8 aliphatic rings. The van der Waals surface area contributed by atoms with Gasteiger partial charge in [0.2, 0.25) is 5.76 Å². The molecule has 0 aromatic rings. The van der Waals surface area contributed by atoms with E-state index in [1.807, 2.05) is 0 Å². The molecule has 204 valence electrons. The number of allylic oxidation sites excluding steroid dienone is 2. The largest absolute Gasteiger partial charge is 0.492 e. The van der Waals surface area contributed by atoms with E-state index in [2.05, 4.69) is 49.1 Å². The number of hydrogen-bond acceptors (Lipinski definition) is 7. The van der Waals surface area contributed by atoms with Gasteiger partial charge >= 0.3 is 5.97 Å². The molecule has 3 fully saturated rings. The maximum absolute atomic E-state index is 12.5. The van der Waals surface area contributed by atoms with Crippen LogP contribution in [0.4, 0.5) is 0 Å². The molecule has 0 aromatic carbocycles. The Morgan fingerprint density at radius 2 is 2.03 bits per heavy atom. The van der Waals surface area contributed by atoms with Crippen LogP contribution in [0.1, 0.15) is 58.8 Å². The minimum absolute atomic E-state index is 0.0391. The van der Waals surface area contributed by atoms with Crippen molar-refractivity contribution in [2.75, 3.05) is 13.7 Å². The Labute approximate surface area is 224 Å². The van der Waals surface area contributed by atoms with E-state index in [0.717, 1.165) is 50.7 Å². The number of ether oxygens (including phenoxy) is 3. The van der Waals surface area contributed by atoms with Gasteiger partial charge < -0.3 is 24.4 Å². The van der Waals surface area contributed by atoms with Crippen molar-refractivity contribution in [2.45, 2.75) is 82.0 Å². The quantitative estimate of drug-likeness (QED) is 0.427. The SMILES string of the molecule is COC1=C(CO)C(=O)O/C1=C1\OC2=C[C@@H]3C=C[C@]4(CCC[C@@H]5N4[C@H]3CC[C@]5(O)[C@H]3C=CC[C@@H](C)C3)[C@H]2[C@@H]1C. The van der Waals surface area contributed by atoms with Gasteiger partial charge in [-0.1, -0.05) is 38.2 Å². The number of carbonyl (C=O) groups excluding carboxylic acids is 1. The Hall–Kier alpha value is -2.35. The van der Waals surface area contributed by atoms with E-state index < -0.39 is 18.2 Å². The van der Waals surface area contributed by atoms with Crippen LogP contribution in [0.2, 0.25) is 0 Å². The topological polar surface area (TPSA) is 88.5 Å². The van der Waals surface area contributed by atoms with Gasteiger partial charge in [0.25, 0.3) is 0 Å². The first kappa shape index (κ1) is 24.7.